The number of amides is 1. The van der Waals surface area contributed by atoms with E-state index in [9.17, 15) is 4.79 Å². The van der Waals surface area contributed by atoms with E-state index >= 15 is 0 Å². The first kappa shape index (κ1) is 19.0. The molecule has 7 heteroatoms. The lowest BCUT2D eigenvalue weighted by Gasteiger charge is -2.17. The highest BCUT2D eigenvalue weighted by atomic mass is 16.5. The van der Waals surface area contributed by atoms with E-state index in [0.717, 1.165) is 22.6 Å². The summed E-state index contributed by atoms with van der Waals surface area (Å²) >= 11 is 0. The van der Waals surface area contributed by atoms with Gasteiger partial charge in [-0.15, -0.1) is 0 Å². The van der Waals surface area contributed by atoms with Crippen molar-refractivity contribution in [3.63, 3.8) is 0 Å². The topological polar surface area (TPSA) is 77.7 Å². The van der Waals surface area contributed by atoms with Crippen LogP contribution in [0.25, 0.3) is 11.4 Å². The van der Waals surface area contributed by atoms with Gasteiger partial charge < -0.3 is 18.9 Å². The molecule has 1 aliphatic heterocycles. The van der Waals surface area contributed by atoms with E-state index in [1.54, 1.807) is 7.11 Å². The van der Waals surface area contributed by atoms with Crippen LogP contribution in [0.1, 0.15) is 30.7 Å². The lowest BCUT2D eigenvalue weighted by molar-refractivity contribution is -0.128. The van der Waals surface area contributed by atoms with Crippen molar-refractivity contribution in [2.45, 2.75) is 25.8 Å². The zero-order valence-corrected chi connectivity index (χ0v) is 16.5. The molecule has 7 nitrogen and oxygen atoms in total. The largest absolute Gasteiger partial charge is 0.496 e. The fourth-order valence-corrected chi connectivity index (χ4v) is 3.51. The van der Waals surface area contributed by atoms with Crippen molar-refractivity contribution in [3.05, 3.63) is 60.0 Å². The van der Waals surface area contributed by atoms with Crippen LogP contribution in [-0.4, -0.2) is 41.2 Å². The number of likely N-dealkylation sites (tertiary alicyclic amines) is 1. The number of rotatable bonds is 7. The van der Waals surface area contributed by atoms with Crippen molar-refractivity contribution < 1.29 is 18.8 Å². The second kappa shape index (κ2) is 8.34. The molecular weight excluding hydrogens is 370 g/mol. The number of carbonyl (C=O) groups excluding carboxylic acids is 1. The van der Waals surface area contributed by atoms with E-state index < -0.39 is 0 Å². The molecule has 1 saturated heterocycles. The van der Waals surface area contributed by atoms with Crippen LogP contribution >= 0.6 is 0 Å². The van der Waals surface area contributed by atoms with Crippen LogP contribution in [0.3, 0.4) is 0 Å². The highest BCUT2D eigenvalue weighted by Crippen LogP contribution is 2.31. The van der Waals surface area contributed by atoms with Crippen molar-refractivity contribution in [3.8, 4) is 22.9 Å². The maximum atomic E-state index is 12.5. The first-order valence-corrected chi connectivity index (χ1v) is 9.64. The van der Waals surface area contributed by atoms with Crippen LogP contribution in [0.2, 0.25) is 0 Å². The molecule has 0 saturated carbocycles. The Bertz CT molecular complexity index is 984. The van der Waals surface area contributed by atoms with Crippen molar-refractivity contribution >= 4 is 5.91 Å². The van der Waals surface area contributed by atoms with Gasteiger partial charge in [0, 0.05) is 30.6 Å². The van der Waals surface area contributed by atoms with Crippen LogP contribution in [0.5, 0.6) is 11.5 Å². The average molecular weight is 393 g/mol. The molecule has 1 aliphatic rings. The molecule has 1 aromatic heterocycles. The Kier molecular flexibility index (Phi) is 5.46. The standard InChI is InChI=1S/C22H23N3O4/c1-3-28-18-10-8-15(9-11-18)21-23-22(29-24-21)17-12-20(26)25(14-17)13-16-6-4-5-7-19(16)27-2/h4-11,17H,3,12-14H2,1-2H3. The summed E-state index contributed by atoms with van der Waals surface area (Å²) in [6.45, 7) is 3.60. The summed E-state index contributed by atoms with van der Waals surface area (Å²) in [6.07, 6.45) is 0.361. The quantitative estimate of drug-likeness (QED) is 0.610. The maximum absolute atomic E-state index is 12.5. The van der Waals surface area contributed by atoms with Gasteiger partial charge in [-0.1, -0.05) is 23.4 Å². The van der Waals surface area contributed by atoms with Crippen LogP contribution in [0.15, 0.2) is 53.1 Å². The number of benzene rings is 2. The molecular formula is C22H23N3O4. The summed E-state index contributed by atoms with van der Waals surface area (Å²) in [5, 5.41) is 4.09. The van der Waals surface area contributed by atoms with E-state index in [1.165, 1.54) is 0 Å². The molecule has 0 bridgehead atoms. The van der Waals surface area contributed by atoms with Gasteiger partial charge in [-0.05, 0) is 37.3 Å². The van der Waals surface area contributed by atoms with Gasteiger partial charge >= 0.3 is 0 Å². The summed E-state index contributed by atoms with van der Waals surface area (Å²) in [5.41, 5.74) is 1.82. The number of ether oxygens (including phenoxy) is 2. The van der Waals surface area contributed by atoms with Crippen molar-refractivity contribution in [1.82, 2.24) is 15.0 Å². The Morgan fingerprint density at radius 2 is 1.97 bits per heavy atom. The summed E-state index contributed by atoms with van der Waals surface area (Å²) < 4.78 is 16.3. The molecule has 150 valence electrons. The number of nitrogens with zero attached hydrogens (tertiary/aromatic N) is 3. The zero-order chi connectivity index (χ0) is 20.2. The molecule has 4 rings (SSSR count). The summed E-state index contributed by atoms with van der Waals surface area (Å²) in [5.74, 6) is 2.54. The van der Waals surface area contributed by atoms with Gasteiger partial charge in [-0.3, -0.25) is 4.79 Å². The van der Waals surface area contributed by atoms with Gasteiger partial charge in [-0.2, -0.15) is 4.98 Å². The third kappa shape index (κ3) is 4.08. The highest BCUT2D eigenvalue weighted by Gasteiger charge is 2.34. The normalized spacial score (nSPS) is 16.3. The first-order valence-electron chi connectivity index (χ1n) is 9.64. The SMILES string of the molecule is CCOc1ccc(-c2noc(C3CC(=O)N(Cc4ccccc4OC)C3)n2)cc1. The fraction of sp³-hybridized carbons (Fsp3) is 0.318. The number of methoxy groups -OCH3 is 1. The lowest BCUT2D eigenvalue weighted by Crippen LogP contribution is -2.24. The van der Waals surface area contributed by atoms with Crippen LogP contribution in [0, 0.1) is 0 Å². The third-order valence-electron chi connectivity index (χ3n) is 4.98. The number of hydrogen-bond acceptors (Lipinski definition) is 6. The minimum atomic E-state index is -0.110. The van der Waals surface area contributed by atoms with E-state index in [-0.39, 0.29) is 11.8 Å². The van der Waals surface area contributed by atoms with Gasteiger partial charge in [0.15, 0.2) is 0 Å². The number of hydrogen-bond donors (Lipinski definition) is 0. The second-order valence-electron chi connectivity index (χ2n) is 6.90. The monoisotopic (exact) mass is 393 g/mol. The second-order valence-corrected chi connectivity index (χ2v) is 6.90. The predicted octanol–water partition coefficient (Wildman–Crippen LogP) is 3.66. The van der Waals surface area contributed by atoms with Crippen molar-refractivity contribution in [1.29, 1.82) is 0 Å². The first-order chi connectivity index (χ1) is 14.2. The summed E-state index contributed by atoms with van der Waals surface area (Å²) in [6, 6.07) is 15.3. The van der Waals surface area contributed by atoms with Crippen molar-refractivity contribution in [2.75, 3.05) is 20.3 Å². The molecule has 2 aromatic carbocycles. The van der Waals surface area contributed by atoms with Crippen LogP contribution < -0.4 is 9.47 Å². The van der Waals surface area contributed by atoms with Gasteiger partial charge in [0.2, 0.25) is 17.6 Å². The van der Waals surface area contributed by atoms with Crippen molar-refractivity contribution in [2.24, 2.45) is 0 Å². The molecule has 0 spiro atoms. The molecule has 3 aromatic rings. The molecule has 29 heavy (non-hydrogen) atoms. The zero-order valence-electron chi connectivity index (χ0n) is 16.5. The van der Waals surface area contributed by atoms with E-state index in [0.29, 0.717) is 37.8 Å². The molecule has 0 radical (unpaired) electrons. The molecule has 1 unspecified atom stereocenters. The highest BCUT2D eigenvalue weighted by molar-refractivity contribution is 5.79. The van der Waals surface area contributed by atoms with Gasteiger partial charge in [-0.25, -0.2) is 0 Å². The number of aromatic nitrogens is 2. The molecule has 0 N–H and O–H groups in total. The Morgan fingerprint density at radius 1 is 1.17 bits per heavy atom. The fourth-order valence-electron chi connectivity index (χ4n) is 3.51. The Labute approximate surface area is 169 Å². The number of para-hydroxylation sites is 1. The average Bonchev–Trinajstić information content (AvgIpc) is 3.37. The predicted molar refractivity (Wildman–Crippen MR) is 107 cm³/mol. The van der Waals surface area contributed by atoms with Gasteiger partial charge in [0.25, 0.3) is 0 Å². The molecule has 1 fully saturated rings. The molecule has 0 aliphatic carbocycles. The lowest BCUT2D eigenvalue weighted by atomic mass is 10.1. The Hall–Kier alpha value is -3.35. The smallest absolute Gasteiger partial charge is 0.232 e. The minimum Gasteiger partial charge on any atom is -0.496 e. The summed E-state index contributed by atoms with van der Waals surface area (Å²) in [4.78, 5) is 18.9. The Balaban J connectivity index is 1.45. The molecule has 2 heterocycles. The maximum Gasteiger partial charge on any atom is 0.232 e. The molecule has 1 amide bonds. The van der Waals surface area contributed by atoms with Crippen LogP contribution in [0.4, 0.5) is 0 Å². The van der Waals surface area contributed by atoms with Gasteiger partial charge in [0.1, 0.15) is 11.5 Å². The van der Waals surface area contributed by atoms with E-state index in [1.807, 2.05) is 60.4 Å². The summed E-state index contributed by atoms with van der Waals surface area (Å²) in [7, 11) is 1.63. The van der Waals surface area contributed by atoms with E-state index in [4.69, 9.17) is 14.0 Å². The van der Waals surface area contributed by atoms with Crippen LogP contribution in [-0.2, 0) is 11.3 Å². The van der Waals surface area contributed by atoms with E-state index in [2.05, 4.69) is 10.1 Å². The molecule has 1 atom stereocenters. The third-order valence-corrected chi connectivity index (χ3v) is 4.98. The number of carbonyl (C=O) groups is 1. The van der Waals surface area contributed by atoms with Gasteiger partial charge in [0.05, 0.1) is 19.6 Å². The minimum absolute atomic E-state index is 0.0710. The Morgan fingerprint density at radius 3 is 2.72 bits per heavy atom.